The van der Waals surface area contributed by atoms with E-state index in [4.69, 9.17) is 14.2 Å². The summed E-state index contributed by atoms with van der Waals surface area (Å²) in [7, 11) is 1.26. The summed E-state index contributed by atoms with van der Waals surface area (Å²) >= 11 is 0.944. The van der Waals surface area contributed by atoms with E-state index in [-0.39, 0.29) is 21.3 Å². The standard InChI is InChI=1S/C31H34N2O7S/c1-7-39-23-16-21(12-13-22(23)40-15-14-17(2)3)25-24(26(34)20-10-8-18(4)9-11-20)27(35)29(36)33(25)31-32-19(5)28(41-31)30(37)38-6/h8-13,16-17,25,34H,7,14-15H2,1-6H3. The third-order valence-corrected chi connectivity index (χ3v) is 7.80. The minimum atomic E-state index is -1.05. The van der Waals surface area contributed by atoms with Crippen LogP contribution in [0, 0.1) is 19.8 Å². The summed E-state index contributed by atoms with van der Waals surface area (Å²) < 4.78 is 16.7. The molecule has 0 aliphatic carbocycles. The number of aryl methyl sites for hydroxylation is 2. The highest BCUT2D eigenvalue weighted by Crippen LogP contribution is 2.45. The van der Waals surface area contributed by atoms with Gasteiger partial charge in [0, 0.05) is 5.56 Å². The van der Waals surface area contributed by atoms with Crippen molar-refractivity contribution in [2.75, 3.05) is 25.2 Å². The number of aromatic nitrogens is 1. The van der Waals surface area contributed by atoms with E-state index in [0.717, 1.165) is 23.3 Å². The van der Waals surface area contributed by atoms with Crippen LogP contribution in [0.15, 0.2) is 48.0 Å². The van der Waals surface area contributed by atoms with E-state index >= 15 is 0 Å². The number of rotatable bonds is 10. The highest BCUT2D eigenvalue weighted by Gasteiger charge is 2.48. The number of thiazole rings is 1. The predicted octanol–water partition coefficient (Wildman–Crippen LogP) is 6.00. The Kier molecular flexibility index (Phi) is 9.12. The minimum Gasteiger partial charge on any atom is -0.507 e. The number of carbonyl (C=O) groups is 3. The number of methoxy groups -OCH3 is 1. The Bertz CT molecular complexity index is 1490. The second-order valence-corrected chi connectivity index (χ2v) is 11.1. The van der Waals surface area contributed by atoms with Gasteiger partial charge >= 0.3 is 11.9 Å². The number of ether oxygens (including phenoxy) is 3. The van der Waals surface area contributed by atoms with Crippen molar-refractivity contribution in [1.29, 1.82) is 0 Å². The van der Waals surface area contributed by atoms with Crippen molar-refractivity contribution in [1.82, 2.24) is 4.98 Å². The maximum Gasteiger partial charge on any atom is 0.350 e. The molecule has 1 aromatic heterocycles. The van der Waals surface area contributed by atoms with Crippen LogP contribution in [0.4, 0.5) is 5.13 Å². The number of amides is 1. The fourth-order valence-electron chi connectivity index (χ4n) is 4.47. The molecule has 4 rings (SSSR count). The van der Waals surface area contributed by atoms with Crippen LogP contribution in [0.1, 0.15) is 65.3 Å². The Morgan fingerprint density at radius 1 is 1.07 bits per heavy atom. The molecule has 9 nitrogen and oxygen atoms in total. The molecule has 2 aromatic carbocycles. The summed E-state index contributed by atoms with van der Waals surface area (Å²) in [5.41, 5.74) is 2.14. The van der Waals surface area contributed by atoms with E-state index in [1.807, 2.05) is 26.0 Å². The lowest BCUT2D eigenvalue weighted by molar-refractivity contribution is -0.132. The number of esters is 1. The Hall–Kier alpha value is -4.18. The topological polar surface area (TPSA) is 115 Å². The van der Waals surface area contributed by atoms with E-state index in [1.165, 1.54) is 12.0 Å². The van der Waals surface area contributed by atoms with Gasteiger partial charge in [0.15, 0.2) is 16.6 Å². The first-order valence-corrected chi connectivity index (χ1v) is 14.2. The molecule has 3 aromatic rings. The van der Waals surface area contributed by atoms with Gasteiger partial charge in [0.25, 0.3) is 5.78 Å². The lowest BCUT2D eigenvalue weighted by atomic mass is 9.95. The number of Topliss-reactive ketones (excluding diaryl/α,β-unsaturated/α-hetero) is 1. The van der Waals surface area contributed by atoms with Crippen molar-refractivity contribution in [2.45, 2.75) is 47.1 Å². The van der Waals surface area contributed by atoms with Crippen LogP contribution in [-0.2, 0) is 14.3 Å². The molecule has 1 N–H and O–H groups in total. The number of benzene rings is 2. The van der Waals surface area contributed by atoms with Gasteiger partial charge in [-0.3, -0.25) is 14.5 Å². The van der Waals surface area contributed by atoms with E-state index in [1.54, 1.807) is 37.3 Å². The van der Waals surface area contributed by atoms with E-state index in [9.17, 15) is 19.5 Å². The Morgan fingerprint density at radius 2 is 1.78 bits per heavy atom. The zero-order valence-corrected chi connectivity index (χ0v) is 24.8. The van der Waals surface area contributed by atoms with Crippen molar-refractivity contribution >= 4 is 39.9 Å². The predicted molar refractivity (Wildman–Crippen MR) is 157 cm³/mol. The highest BCUT2D eigenvalue weighted by atomic mass is 32.1. The first-order chi connectivity index (χ1) is 19.6. The summed E-state index contributed by atoms with van der Waals surface area (Å²) in [6.07, 6.45) is 0.857. The molecule has 0 radical (unpaired) electrons. The monoisotopic (exact) mass is 578 g/mol. The van der Waals surface area contributed by atoms with Gasteiger partial charge in [0.1, 0.15) is 10.6 Å². The molecule has 1 unspecified atom stereocenters. The lowest BCUT2D eigenvalue weighted by Crippen LogP contribution is -2.29. The smallest absolute Gasteiger partial charge is 0.350 e. The zero-order chi connectivity index (χ0) is 29.8. The van der Waals surface area contributed by atoms with Gasteiger partial charge in [0.05, 0.1) is 37.6 Å². The molecule has 10 heteroatoms. The molecule has 0 saturated carbocycles. The van der Waals surface area contributed by atoms with Crippen LogP contribution >= 0.6 is 11.3 Å². The van der Waals surface area contributed by atoms with Gasteiger partial charge in [-0.05, 0) is 50.8 Å². The van der Waals surface area contributed by atoms with Gasteiger partial charge in [-0.15, -0.1) is 0 Å². The average Bonchev–Trinajstić information content (AvgIpc) is 3.45. The Labute approximate surface area is 243 Å². The molecular weight excluding hydrogens is 544 g/mol. The molecule has 1 aliphatic heterocycles. The fourth-order valence-corrected chi connectivity index (χ4v) is 5.48. The maximum absolute atomic E-state index is 13.6. The first kappa shape index (κ1) is 29.8. The number of carbonyl (C=O) groups excluding carboxylic acids is 3. The van der Waals surface area contributed by atoms with E-state index in [0.29, 0.717) is 47.5 Å². The van der Waals surface area contributed by atoms with Crippen molar-refractivity contribution in [2.24, 2.45) is 5.92 Å². The van der Waals surface area contributed by atoms with Crippen molar-refractivity contribution in [3.8, 4) is 11.5 Å². The summed E-state index contributed by atoms with van der Waals surface area (Å²) in [6.45, 7) is 10.5. The molecule has 1 atom stereocenters. The van der Waals surface area contributed by atoms with Crippen molar-refractivity contribution in [3.63, 3.8) is 0 Å². The molecule has 216 valence electrons. The van der Waals surface area contributed by atoms with Gasteiger partial charge in [-0.1, -0.05) is 61.1 Å². The molecule has 1 aliphatic rings. The summed E-state index contributed by atoms with van der Waals surface area (Å²) in [4.78, 5) is 45.3. The molecule has 2 heterocycles. The zero-order valence-electron chi connectivity index (χ0n) is 24.0. The van der Waals surface area contributed by atoms with Crippen LogP contribution in [0.2, 0.25) is 0 Å². The Balaban J connectivity index is 1.89. The van der Waals surface area contributed by atoms with E-state index in [2.05, 4.69) is 18.8 Å². The lowest BCUT2D eigenvalue weighted by Gasteiger charge is -2.24. The fraction of sp³-hybridized carbons (Fsp3) is 0.355. The maximum atomic E-state index is 13.6. The molecular formula is C31H34N2O7S. The van der Waals surface area contributed by atoms with Gasteiger partial charge in [-0.25, -0.2) is 9.78 Å². The summed E-state index contributed by atoms with van der Waals surface area (Å²) in [6, 6.07) is 11.1. The number of aliphatic hydroxyl groups is 1. The first-order valence-electron chi connectivity index (χ1n) is 13.4. The van der Waals surface area contributed by atoms with Crippen LogP contribution in [-0.4, -0.2) is 48.1 Å². The SMILES string of the molecule is CCOc1cc(C2C(=C(O)c3ccc(C)cc3)C(=O)C(=O)N2c2nc(C)c(C(=O)OC)s2)ccc1OCCC(C)C. The Morgan fingerprint density at radius 3 is 2.41 bits per heavy atom. The molecule has 41 heavy (non-hydrogen) atoms. The number of aliphatic hydroxyl groups excluding tert-OH is 1. The second kappa shape index (κ2) is 12.6. The van der Waals surface area contributed by atoms with Crippen LogP contribution in [0.3, 0.4) is 0 Å². The number of nitrogens with zero attached hydrogens (tertiary/aromatic N) is 2. The summed E-state index contributed by atoms with van der Waals surface area (Å²) in [5, 5.41) is 11.5. The molecule has 1 fully saturated rings. The number of hydrogen-bond acceptors (Lipinski definition) is 9. The van der Waals surface area contributed by atoms with E-state index < -0.39 is 23.7 Å². The summed E-state index contributed by atoms with van der Waals surface area (Å²) in [5.74, 6) is -1.21. The van der Waals surface area contributed by atoms with Gasteiger partial charge in [-0.2, -0.15) is 0 Å². The van der Waals surface area contributed by atoms with Gasteiger partial charge < -0.3 is 19.3 Å². The highest BCUT2D eigenvalue weighted by molar-refractivity contribution is 7.17. The third-order valence-electron chi connectivity index (χ3n) is 6.67. The molecule has 1 amide bonds. The molecule has 0 spiro atoms. The largest absolute Gasteiger partial charge is 0.507 e. The number of ketones is 1. The minimum absolute atomic E-state index is 0.0951. The van der Waals surface area contributed by atoms with Crippen molar-refractivity contribution < 1.29 is 33.7 Å². The second-order valence-electron chi connectivity index (χ2n) is 10.1. The normalized spacial score (nSPS) is 16.4. The number of anilines is 1. The van der Waals surface area contributed by atoms with Crippen LogP contribution < -0.4 is 14.4 Å². The third kappa shape index (κ3) is 6.12. The average molecular weight is 579 g/mol. The number of hydrogen-bond donors (Lipinski definition) is 1. The van der Waals surface area contributed by atoms with Crippen LogP contribution in [0.25, 0.3) is 5.76 Å². The quantitative estimate of drug-likeness (QED) is 0.135. The van der Waals surface area contributed by atoms with Gasteiger partial charge in [0.2, 0.25) is 0 Å². The molecule has 1 saturated heterocycles. The van der Waals surface area contributed by atoms with Crippen molar-refractivity contribution in [3.05, 3.63) is 75.3 Å². The molecule has 0 bridgehead atoms. The van der Waals surface area contributed by atoms with Crippen LogP contribution in [0.5, 0.6) is 11.5 Å².